The first-order valence-electron chi connectivity index (χ1n) is 20.5. The average molecular weight is 674 g/mol. The number of aromatic nitrogens is 1. The summed E-state index contributed by atoms with van der Waals surface area (Å²) in [6, 6.07) is 47.8. The summed E-state index contributed by atoms with van der Waals surface area (Å²) in [5.41, 5.74) is 15.1. The second kappa shape index (κ2) is 11.2. The summed E-state index contributed by atoms with van der Waals surface area (Å²) in [5, 5.41) is 0.993. The zero-order valence-electron chi connectivity index (χ0n) is 34.7. The lowest BCUT2D eigenvalue weighted by atomic mass is 9.81. The topological polar surface area (TPSA) is 8.17 Å². The summed E-state index contributed by atoms with van der Waals surface area (Å²) in [7, 11) is 0. The van der Waals surface area contributed by atoms with Crippen molar-refractivity contribution in [2.45, 2.75) is 38.5 Å². The van der Waals surface area contributed by atoms with Crippen LogP contribution in [0, 0.1) is 0 Å². The summed E-state index contributed by atoms with van der Waals surface area (Å²) in [5.74, 6) is 0. The molecule has 0 unspecified atom stereocenters. The van der Waals surface area contributed by atoms with Crippen LogP contribution in [0.25, 0.3) is 50.1 Å². The van der Waals surface area contributed by atoms with Gasteiger partial charge >= 0.3 is 0 Å². The lowest BCUT2D eigenvalue weighted by Crippen LogP contribution is -2.16. The Morgan fingerprint density at radius 3 is 1.85 bits per heavy atom. The maximum absolute atomic E-state index is 8.98. The third-order valence-electron chi connectivity index (χ3n) is 11.5. The molecule has 0 amide bonds. The highest BCUT2D eigenvalue weighted by atomic mass is 15.1. The van der Waals surface area contributed by atoms with E-state index in [-0.39, 0.29) is 35.3 Å². The number of benzene rings is 7. The zero-order valence-corrected chi connectivity index (χ0v) is 29.7. The molecule has 8 aromatic rings. The van der Waals surface area contributed by atoms with E-state index in [9.17, 15) is 0 Å². The van der Waals surface area contributed by atoms with Crippen LogP contribution in [0.4, 0.5) is 17.1 Å². The van der Waals surface area contributed by atoms with Gasteiger partial charge in [0.1, 0.15) is 0 Å². The van der Waals surface area contributed by atoms with Crippen molar-refractivity contribution < 1.29 is 6.85 Å². The molecule has 250 valence electrons. The molecule has 52 heavy (non-hydrogen) atoms. The van der Waals surface area contributed by atoms with Gasteiger partial charge < -0.3 is 9.47 Å². The maximum atomic E-state index is 8.98. The summed E-state index contributed by atoms with van der Waals surface area (Å²) in [4.78, 5) is 2.32. The molecule has 1 aromatic heterocycles. The largest absolute Gasteiger partial charge is 0.310 e. The molecule has 2 heteroatoms. The number of hydrogen-bond donors (Lipinski definition) is 0. The molecule has 0 atom stereocenters. The normalized spacial score (nSPS) is 15.8. The van der Waals surface area contributed by atoms with Gasteiger partial charge in [-0.25, -0.2) is 0 Å². The molecule has 7 aromatic carbocycles. The van der Waals surface area contributed by atoms with Gasteiger partial charge in [0.05, 0.1) is 18.1 Å². The summed E-state index contributed by atoms with van der Waals surface area (Å²) < 4.78 is 45.2. The predicted molar refractivity (Wildman–Crippen MR) is 219 cm³/mol. The lowest BCUT2D eigenvalue weighted by molar-refractivity contribution is 0.660. The van der Waals surface area contributed by atoms with Crippen LogP contribution in [0.5, 0.6) is 0 Å². The molecule has 2 nitrogen and oxygen atoms in total. The van der Waals surface area contributed by atoms with E-state index >= 15 is 0 Å². The monoisotopic (exact) mass is 673 g/mol. The smallest absolute Gasteiger partial charge is 0.0645 e. The Hall–Kier alpha value is -6.12. The Labute approximate surface area is 313 Å². The van der Waals surface area contributed by atoms with Crippen LogP contribution in [0.15, 0.2) is 170 Å². The van der Waals surface area contributed by atoms with Gasteiger partial charge in [0.15, 0.2) is 0 Å². The number of fused-ring (bicyclic) bond motifs is 8. The second-order valence-electron chi connectivity index (χ2n) is 15.1. The van der Waals surface area contributed by atoms with E-state index in [0.717, 1.165) is 61.5 Å². The highest BCUT2D eigenvalue weighted by Crippen LogP contribution is 2.54. The van der Waals surface area contributed by atoms with Crippen LogP contribution in [0.1, 0.15) is 56.8 Å². The van der Waals surface area contributed by atoms with Gasteiger partial charge in [0, 0.05) is 44.5 Å². The van der Waals surface area contributed by atoms with Gasteiger partial charge in [-0.2, -0.15) is 0 Å². The zero-order chi connectivity index (χ0) is 39.5. The van der Waals surface area contributed by atoms with E-state index in [1.807, 2.05) is 28.8 Å². The van der Waals surface area contributed by atoms with E-state index in [0.29, 0.717) is 0 Å². The summed E-state index contributed by atoms with van der Waals surface area (Å²) >= 11 is 0. The standard InChI is InChI=1S/C50H40N2/c1-49(2)43-21-13-11-19-39(43)40-29-28-38(32-45(40)49)51(35-15-7-5-8-16-35)37-26-23-33(24-27-37)34-25-30-46-42(31-34)47-48(52(46)36-17-9-6-10-18-36)41-20-12-14-22-44(41)50(47,3)4/h5-32H,1-4H3/i6D,9D,10D,17D,18D. The Morgan fingerprint density at radius 2 is 1.10 bits per heavy atom. The van der Waals surface area contributed by atoms with Gasteiger partial charge in [-0.1, -0.05) is 137 Å². The highest BCUT2D eigenvalue weighted by molar-refractivity contribution is 6.01. The molecule has 10 rings (SSSR count). The van der Waals surface area contributed by atoms with E-state index in [1.165, 1.54) is 22.3 Å². The Morgan fingerprint density at radius 1 is 0.500 bits per heavy atom. The van der Waals surface area contributed by atoms with E-state index in [1.54, 1.807) is 0 Å². The van der Waals surface area contributed by atoms with Crippen LogP contribution in [0.3, 0.4) is 0 Å². The SMILES string of the molecule is [2H]c1c([2H])c([2H])c(-n2c3c(c4cc(-c5ccc(N(c6ccccc6)c6ccc7c(c6)C(C)(C)c6ccccc6-7)cc5)ccc42)C(C)(C)c2ccccc2-3)c([2H])c1[2H]. The molecule has 0 saturated carbocycles. The number of para-hydroxylation sites is 2. The van der Waals surface area contributed by atoms with Crippen molar-refractivity contribution >= 4 is 28.0 Å². The molecule has 0 bridgehead atoms. The lowest BCUT2D eigenvalue weighted by Gasteiger charge is -2.28. The van der Waals surface area contributed by atoms with Crippen molar-refractivity contribution in [3.05, 3.63) is 192 Å². The predicted octanol–water partition coefficient (Wildman–Crippen LogP) is 13.4. The molecule has 0 radical (unpaired) electrons. The van der Waals surface area contributed by atoms with Crippen molar-refractivity contribution in [1.82, 2.24) is 4.57 Å². The molecule has 0 saturated heterocycles. The minimum atomic E-state index is -0.398. The Kier molecular flexibility index (Phi) is 5.55. The fourth-order valence-electron chi connectivity index (χ4n) is 8.97. The third kappa shape index (κ3) is 4.37. The average Bonchev–Trinajstić information content (AvgIpc) is 3.78. The maximum Gasteiger partial charge on any atom is 0.0645 e. The first-order valence-corrected chi connectivity index (χ1v) is 18.0. The van der Waals surface area contributed by atoms with E-state index in [2.05, 4.69) is 148 Å². The van der Waals surface area contributed by atoms with Crippen molar-refractivity contribution in [2.24, 2.45) is 0 Å². The van der Waals surface area contributed by atoms with Crippen molar-refractivity contribution in [2.75, 3.05) is 4.90 Å². The minimum absolute atomic E-state index is 0.121. The molecule has 2 aliphatic carbocycles. The molecule has 0 spiro atoms. The molecular weight excluding hydrogens is 629 g/mol. The van der Waals surface area contributed by atoms with Crippen molar-refractivity contribution in [3.63, 3.8) is 0 Å². The van der Waals surface area contributed by atoms with Crippen LogP contribution in [-0.2, 0) is 10.8 Å². The van der Waals surface area contributed by atoms with Gasteiger partial charge in [-0.15, -0.1) is 0 Å². The molecule has 0 fully saturated rings. The number of anilines is 3. The minimum Gasteiger partial charge on any atom is -0.310 e. The second-order valence-corrected chi connectivity index (χ2v) is 15.1. The van der Waals surface area contributed by atoms with Gasteiger partial charge in [0.25, 0.3) is 0 Å². The number of hydrogen-bond acceptors (Lipinski definition) is 1. The van der Waals surface area contributed by atoms with Gasteiger partial charge in [-0.3, -0.25) is 0 Å². The van der Waals surface area contributed by atoms with Crippen LogP contribution >= 0.6 is 0 Å². The fraction of sp³-hybridized carbons (Fsp3) is 0.120. The van der Waals surface area contributed by atoms with E-state index in [4.69, 9.17) is 6.85 Å². The summed E-state index contributed by atoms with van der Waals surface area (Å²) in [6.45, 7) is 9.05. The highest BCUT2D eigenvalue weighted by Gasteiger charge is 2.40. The van der Waals surface area contributed by atoms with Crippen LogP contribution in [0.2, 0.25) is 0 Å². The van der Waals surface area contributed by atoms with Crippen LogP contribution < -0.4 is 4.90 Å². The van der Waals surface area contributed by atoms with Gasteiger partial charge in [0.2, 0.25) is 0 Å². The number of nitrogens with zero attached hydrogens (tertiary/aromatic N) is 2. The summed E-state index contributed by atoms with van der Waals surface area (Å²) in [6.07, 6.45) is 0. The van der Waals surface area contributed by atoms with E-state index < -0.39 is 11.5 Å². The molecule has 0 aliphatic heterocycles. The third-order valence-corrected chi connectivity index (χ3v) is 11.5. The Balaban J connectivity index is 1.11. The van der Waals surface area contributed by atoms with Gasteiger partial charge in [-0.05, 0) is 105 Å². The van der Waals surface area contributed by atoms with Crippen LogP contribution in [-0.4, -0.2) is 4.57 Å². The number of rotatable bonds is 5. The molecular formula is C50H40N2. The fourth-order valence-corrected chi connectivity index (χ4v) is 8.97. The molecule has 1 heterocycles. The van der Waals surface area contributed by atoms with Crippen molar-refractivity contribution in [1.29, 1.82) is 0 Å². The quantitative estimate of drug-likeness (QED) is 0.177. The molecule has 0 N–H and O–H groups in total. The molecule has 2 aliphatic rings. The Bertz CT molecular complexity index is 2930. The first-order chi connectivity index (χ1) is 27.4. The van der Waals surface area contributed by atoms with Crippen molar-refractivity contribution in [3.8, 4) is 39.2 Å². The first kappa shape index (κ1) is 25.8.